The summed E-state index contributed by atoms with van der Waals surface area (Å²) >= 11 is 0. The molecule has 0 saturated carbocycles. The summed E-state index contributed by atoms with van der Waals surface area (Å²) in [4.78, 5) is 10.4. The van der Waals surface area contributed by atoms with E-state index in [4.69, 9.17) is 9.47 Å². The predicted octanol–water partition coefficient (Wildman–Crippen LogP) is 2.18. The van der Waals surface area contributed by atoms with E-state index in [1.54, 1.807) is 6.07 Å². The predicted molar refractivity (Wildman–Crippen MR) is 58.4 cm³/mol. The number of phenolic OH excluding ortho intramolecular Hbond substituents is 1. The number of phenols is 1. The van der Waals surface area contributed by atoms with Crippen molar-refractivity contribution in [2.75, 3.05) is 6.79 Å². The molecule has 0 saturated heterocycles. The Kier molecular flexibility index (Phi) is 1.85. The second-order valence-corrected chi connectivity index (χ2v) is 3.61. The molecule has 0 atom stereocenters. The van der Waals surface area contributed by atoms with Crippen molar-refractivity contribution >= 4 is 16.5 Å². The molecule has 0 bridgehead atoms. The number of nitrogens with zero attached hydrogens (tertiary/aromatic N) is 1. The van der Waals surface area contributed by atoms with Crippen LogP contribution in [0, 0.1) is 10.1 Å². The summed E-state index contributed by atoms with van der Waals surface area (Å²) in [6.45, 7) is 0.0835. The Morgan fingerprint density at radius 3 is 2.47 bits per heavy atom. The van der Waals surface area contributed by atoms with E-state index in [-0.39, 0.29) is 18.2 Å². The van der Waals surface area contributed by atoms with Crippen LogP contribution < -0.4 is 9.47 Å². The molecule has 0 radical (unpaired) electrons. The number of rotatable bonds is 1. The van der Waals surface area contributed by atoms with E-state index in [0.717, 1.165) is 0 Å². The maximum Gasteiger partial charge on any atom is 0.277 e. The van der Waals surface area contributed by atoms with Crippen LogP contribution in [0.1, 0.15) is 0 Å². The molecule has 0 unspecified atom stereocenters. The van der Waals surface area contributed by atoms with Gasteiger partial charge < -0.3 is 14.6 Å². The number of hydrogen-bond acceptors (Lipinski definition) is 5. The van der Waals surface area contributed by atoms with Gasteiger partial charge in [0, 0.05) is 11.5 Å². The molecule has 2 aromatic carbocycles. The van der Waals surface area contributed by atoms with Gasteiger partial charge in [-0.1, -0.05) is 0 Å². The average molecular weight is 233 g/mol. The minimum atomic E-state index is -0.496. The van der Waals surface area contributed by atoms with Crippen LogP contribution in [0.4, 0.5) is 5.69 Å². The minimum absolute atomic E-state index is 0.0242. The summed E-state index contributed by atoms with van der Waals surface area (Å²) in [7, 11) is 0. The van der Waals surface area contributed by atoms with Crippen molar-refractivity contribution < 1.29 is 19.5 Å². The highest BCUT2D eigenvalue weighted by Gasteiger charge is 2.20. The first kappa shape index (κ1) is 9.71. The highest BCUT2D eigenvalue weighted by molar-refractivity contribution is 5.97. The van der Waals surface area contributed by atoms with Gasteiger partial charge in [-0.2, -0.15) is 0 Å². The number of hydrogen-bond donors (Lipinski definition) is 1. The van der Waals surface area contributed by atoms with Gasteiger partial charge in [-0.15, -0.1) is 0 Å². The second-order valence-electron chi connectivity index (χ2n) is 3.61. The molecule has 0 aliphatic carbocycles. The second kappa shape index (κ2) is 3.24. The lowest BCUT2D eigenvalue weighted by atomic mass is 10.1. The van der Waals surface area contributed by atoms with Gasteiger partial charge in [-0.05, 0) is 18.2 Å². The Hall–Kier alpha value is -2.50. The van der Waals surface area contributed by atoms with E-state index in [1.165, 1.54) is 18.2 Å². The molecule has 1 N–H and O–H groups in total. The molecule has 0 spiro atoms. The molecule has 3 rings (SSSR count). The number of ether oxygens (including phenoxy) is 2. The number of nitro groups is 1. The van der Waals surface area contributed by atoms with E-state index in [9.17, 15) is 15.2 Å². The van der Waals surface area contributed by atoms with E-state index >= 15 is 0 Å². The van der Waals surface area contributed by atoms with Crippen molar-refractivity contribution in [1.29, 1.82) is 0 Å². The number of non-ortho nitro benzene ring substituents is 1. The van der Waals surface area contributed by atoms with Gasteiger partial charge in [0.15, 0.2) is 11.5 Å². The number of nitro benzene ring substituents is 1. The highest BCUT2D eigenvalue weighted by atomic mass is 16.7. The van der Waals surface area contributed by atoms with E-state index in [2.05, 4.69) is 0 Å². The first-order chi connectivity index (χ1) is 8.16. The van der Waals surface area contributed by atoms with Crippen molar-refractivity contribution in [2.45, 2.75) is 0 Å². The van der Waals surface area contributed by atoms with Gasteiger partial charge in [0.25, 0.3) is 5.69 Å². The van der Waals surface area contributed by atoms with Gasteiger partial charge in [0.2, 0.25) is 6.79 Å². The van der Waals surface area contributed by atoms with Crippen molar-refractivity contribution in [3.05, 3.63) is 34.4 Å². The van der Waals surface area contributed by atoms with Crippen LogP contribution in [-0.2, 0) is 0 Å². The monoisotopic (exact) mass is 233 g/mol. The Bertz CT molecular complexity index is 637. The Labute approximate surface area is 95.1 Å². The molecule has 1 aliphatic rings. The Balaban J connectivity index is 2.40. The Morgan fingerprint density at radius 1 is 1.18 bits per heavy atom. The average Bonchev–Trinajstić information content (AvgIpc) is 2.74. The summed E-state index contributed by atoms with van der Waals surface area (Å²) in [5.74, 6) is 0.906. The van der Waals surface area contributed by atoms with Gasteiger partial charge >= 0.3 is 0 Å². The van der Waals surface area contributed by atoms with Gasteiger partial charge in [-0.3, -0.25) is 10.1 Å². The van der Waals surface area contributed by atoms with Gasteiger partial charge in [-0.25, -0.2) is 0 Å². The third kappa shape index (κ3) is 1.34. The molecule has 0 aromatic heterocycles. The molecule has 0 fully saturated rings. The molecule has 17 heavy (non-hydrogen) atoms. The maximum atomic E-state index is 10.9. The van der Waals surface area contributed by atoms with E-state index < -0.39 is 4.92 Å². The number of benzene rings is 2. The van der Waals surface area contributed by atoms with Crippen molar-refractivity contribution in [2.24, 2.45) is 0 Å². The van der Waals surface area contributed by atoms with Crippen LogP contribution in [0.3, 0.4) is 0 Å². The quantitative estimate of drug-likeness (QED) is 0.603. The lowest BCUT2D eigenvalue weighted by molar-refractivity contribution is -0.383. The topological polar surface area (TPSA) is 81.8 Å². The zero-order valence-electron chi connectivity index (χ0n) is 8.54. The first-order valence-corrected chi connectivity index (χ1v) is 4.86. The third-order valence-corrected chi connectivity index (χ3v) is 2.66. The molecule has 86 valence electrons. The van der Waals surface area contributed by atoms with Crippen LogP contribution in [0.2, 0.25) is 0 Å². The SMILES string of the molecule is O=[N+]([O-])c1ccc(O)c2cc3c(cc12)OCO3. The van der Waals surface area contributed by atoms with Crippen molar-refractivity contribution in [1.82, 2.24) is 0 Å². The lowest BCUT2D eigenvalue weighted by Crippen LogP contribution is -1.92. The molecular weight excluding hydrogens is 226 g/mol. The molecular formula is C11H7NO5. The molecule has 0 amide bonds. The van der Waals surface area contributed by atoms with Gasteiger partial charge in [0.05, 0.1) is 10.3 Å². The van der Waals surface area contributed by atoms with Crippen LogP contribution in [0.25, 0.3) is 10.8 Å². The minimum Gasteiger partial charge on any atom is -0.507 e. The fraction of sp³-hybridized carbons (Fsp3) is 0.0909. The zero-order valence-corrected chi connectivity index (χ0v) is 8.54. The zero-order chi connectivity index (χ0) is 12.0. The largest absolute Gasteiger partial charge is 0.507 e. The van der Waals surface area contributed by atoms with Crippen LogP contribution >= 0.6 is 0 Å². The van der Waals surface area contributed by atoms with E-state index in [1.807, 2.05) is 0 Å². The third-order valence-electron chi connectivity index (χ3n) is 2.66. The van der Waals surface area contributed by atoms with Crippen LogP contribution in [0.15, 0.2) is 24.3 Å². The van der Waals surface area contributed by atoms with E-state index in [0.29, 0.717) is 22.3 Å². The van der Waals surface area contributed by atoms with Crippen LogP contribution in [-0.4, -0.2) is 16.8 Å². The maximum absolute atomic E-state index is 10.9. The number of fused-ring (bicyclic) bond motifs is 2. The van der Waals surface area contributed by atoms with Crippen LogP contribution in [0.5, 0.6) is 17.2 Å². The van der Waals surface area contributed by atoms with Crippen molar-refractivity contribution in [3.8, 4) is 17.2 Å². The fourth-order valence-electron chi connectivity index (χ4n) is 1.86. The summed E-state index contributed by atoms with van der Waals surface area (Å²) in [6, 6.07) is 5.61. The fourth-order valence-corrected chi connectivity index (χ4v) is 1.86. The summed E-state index contributed by atoms with van der Waals surface area (Å²) < 4.78 is 10.3. The molecule has 1 heterocycles. The highest BCUT2D eigenvalue weighted by Crippen LogP contribution is 2.41. The molecule has 2 aromatic rings. The van der Waals surface area contributed by atoms with Gasteiger partial charge in [0.1, 0.15) is 5.75 Å². The molecule has 6 heteroatoms. The van der Waals surface area contributed by atoms with Crippen molar-refractivity contribution in [3.63, 3.8) is 0 Å². The standard InChI is InChI=1S/C11H7NO5/c13-9-2-1-8(12(14)15)6-3-10-11(4-7(6)9)17-5-16-10/h1-4,13H,5H2. The molecule has 1 aliphatic heterocycles. The summed E-state index contributed by atoms with van der Waals surface area (Å²) in [6.07, 6.45) is 0. The first-order valence-electron chi connectivity index (χ1n) is 4.86. The Morgan fingerprint density at radius 2 is 1.82 bits per heavy atom. The normalized spacial score (nSPS) is 12.9. The molecule has 6 nitrogen and oxygen atoms in total. The summed E-state index contributed by atoms with van der Waals surface area (Å²) in [5.41, 5.74) is -0.0731. The summed E-state index contributed by atoms with van der Waals surface area (Å²) in [5, 5.41) is 21.3. The lowest BCUT2D eigenvalue weighted by Gasteiger charge is -2.03. The number of aromatic hydroxyl groups is 1. The smallest absolute Gasteiger partial charge is 0.277 e.